The van der Waals surface area contributed by atoms with Gasteiger partial charge in [0.25, 0.3) is 0 Å². The van der Waals surface area contributed by atoms with Crippen LogP contribution in [0.25, 0.3) is 0 Å². The predicted octanol–water partition coefficient (Wildman–Crippen LogP) is 2.37. The number of hydrogen-bond acceptors (Lipinski definition) is 1. The van der Waals surface area contributed by atoms with E-state index in [4.69, 9.17) is 16.7 Å². The number of aliphatic hydroxyl groups is 1. The van der Waals surface area contributed by atoms with Gasteiger partial charge in [-0.1, -0.05) is 11.6 Å². The van der Waals surface area contributed by atoms with Crippen molar-refractivity contribution >= 4 is 11.6 Å². The fourth-order valence-corrected chi connectivity index (χ4v) is 0.649. The highest BCUT2D eigenvalue weighted by atomic mass is 35.5. The molecule has 0 aliphatic carbocycles. The van der Waals surface area contributed by atoms with Gasteiger partial charge in [0.2, 0.25) is 0 Å². The van der Waals surface area contributed by atoms with Crippen molar-refractivity contribution in [2.75, 3.05) is 7.11 Å². The minimum atomic E-state index is -1.23. The molecule has 0 heterocycles. The van der Waals surface area contributed by atoms with Crippen LogP contribution in [0.15, 0.2) is 12.1 Å². The molecule has 0 radical (unpaired) electrons. The number of hydrogen-bond donors (Lipinski definition) is 1. The van der Waals surface area contributed by atoms with Crippen LogP contribution in [0.4, 0.5) is 13.2 Å². The summed E-state index contributed by atoms with van der Waals surface area (Å²) in [5.41, 5.74) is 0. The van der Waals surface area contributed by atoms with Crippen LogP contribution in [0.5, 0.6) is 0 Å². The minimum Gasteiger partial charge on any atom is -0.400 e. The summed E-state index contributed by atoms with van der Waals surface area (Å²) in [7, 11) is 1.00. The zero-order chi connectivity index (χ0) is 9.72. The Labute approximate surface area is 72.4 Å². The molecular formula is C7H6ClF3O. The van der Waals surface area contributed by atoms with Crippen molar-refractivity contribution in [3.8, 4) is 0 Å². The maximum absolute atomic E-state index is 12.2. The Morgan fingerprint density at radius 1 is 1.00 bits per heavy atom. The van der Waals surface area contributed by atoms with E-state index in [0.29, 0.717) is 12.1 Å². The topological polar surface area (TPSA) is 20.2 Å². The van der Waals surface area contributed by atoms with Crippen molar-refractivity contribution in [3.05, 3.63) is 34.6 Å². The zero-order valence-corrected chi connectivity index (χ0v) is 6.87. The van der Waals surface area contributed by atoms with Crippen molar-refractivity contribution in [1.29, 1.82) is 0 Å². The van der Waals surface area contributed by atoms with E-state index in [2.05, 4.69) is 0 Å². The molecule has 0 atom stereocenters. The highest BCUT2D eigenvalue weighted by Gasteiger charge is 2.06. The molecule has 0 aliphatic heterocycles. The van der Waals surface area contributed by atoms with Gasteiger partial charge in [-0.3, -0.25) is 0 Å². The summed E-state index contributed by atoms with van der Waals surface area (Å²) in [6.45, 7) is 0. The van der Waals surface area contributed by atoms with Crippen LogP contribution in [-0.4, -0.2) is 12.2 Å². The highest BCUT2D eigenvalue weighted by molar-refractivity contribution is 6.30. The summed E-state index contributed by atoms with van der Waals surface area (Å²) in [6, 6.07) is 0.990. The summed E-state index contributed by atoms with van der Waals surface area (Å²) in [5.74, 6) is -3.34. The van der Waals surface area contributed by atoms with Crippen molar-refractivity contribution in [1.82, 2.24) is 0 Å². The third-order valence-corrected chi connectivity index (χ3v) is 1.25. The zero-order valence-electron chi connectivity index (χ0n) is 6.11. The van der Waals surface area contributed by atoms with Gasteiger partial charge in [-0.05, 0) is 6.07 Å². The van der Waals surface area contributed by atoms with Crippen LogP contribution in [-0.2, 0) is 0 Å². The molecule has 1 N–H and O–H groups in total. The van der Waals surface area contributed by atoms with Crippen molar-refractivity contribution in [2.24, 2.45) is 0 Å². The lowest BCUT2D eigenvalue weighted by Crippen LogP contribution is -1.86. The van der Waals surface area contributed by atoms with E-state index in [9.17, 15) is 13.2 Å². The molecule has 0 saturated heterocycles. The lowest BCUT2D eigenvalue weighted by molar-refractivity contribution is 0.399. The smallest absolute Gasteiger partial charge is 0.161 e. The van der Waals surface area contributed by atoms with Gasteiger partial charge in [0.05, 0.1) is 5.02 Å². The minimum absolute atomic E-state index is 0.400. The van der Waals surface area contributed by atoms with Crippen LogP contribution in [0.2, 0.25) is 5.02 Å². The first kappa shape index (κ1) is 11.3. The largest absolute Gasteiger partial charge is 0.400 e. The van der Waals surface area contributed by atoms with Gasteiger partial charge in [0.1, 0.15) is 5.82 Å². The van der Waals surface area contributed by atoms with Crippen LogP contribution in [0, 0.1) is 17.5 Å². The summed E-state index contributed by atoms with van der Waals surface area (Å²) in [4.78, 5) is 0. The second kappa shape index (κ2) is 5.00. The first-order chi connectivity index (χ1) is 5.61. The average Bonchev–Trinajstić information content (AvgIpc) is 2.05. The molecular weight excluding hydrogens is 193 g/mol. The Morgan fingerprint density at radius 2 is 1.42 bits per heavy atom. The van der Waals surface area contributed by atoms with Gasteiger partial charge < -0.3 is 5.11 Å². The van der Waals surface area contributed by atoms with E-state index < -0.39 is 22.5 Å². The van der Waals surface area contributed by atoms with Crippen LogP contribution in [0.1, 0.15) is 0 Å². The first-order valence-corrected chi connectivity index (χ1v) is 3.24. The summed E-state index contributed by atoms with van der Waals surface area (Å²) in [6.07, 6.45) is 0. The van der Waals surface area contributed by atoms with Gasteiger partial charge in [-0.15, -0.1) is 0 Å². The number of halogens is 4. The molecule has 1 nitrogen and oxygen atoms in total. The third kappa shape index (κ3) is 2.71. The average molecular weight is 199 g/mol. The lowest BCUT2D eigenvalue weighted by Gasteiger charge is -1.93. The molecule has 0 unspecified atom stereocenters. The maximum Gasteiger partial charge on any atom is 0.161 e. The Kier molecular flexibility index (Phi) is 4.70. The summed E-state index contributed by atoms with van der Waals surface area (Å²) < 4.78 is 36.4. The highest BCUT2D eigenvalue weighted by Crippen LogP contribution is 2.17. The fourth-order valence-electron chi connectivity index (χ4n) is 0.498. The van der Waals surface area contributed by atoms with Gasteiger partial charge in [0.15, 0.2) is 11.6 Å². The normalized spacial score (nSPS) is 8.83. The first-order valence-electron chi connectivity index (χ1n) is 2.86. The molecule has 0 aliphatic rings. The van der Waals surface area contributed by atoms with E-state index >= 15 is 0 Å². The molecule has 1 rings (SSSR count). The van der Waals surface area contributed by atoms with Crippen LogP contribution >= 0.6 is 11.6 Å². The molecule has 0 spiro atoms. The molecule has 1 aromatic rings. The van der Waals surface area contributed by atoms with E-state index in [-0.39, 0.29) is 0 Å². The molecule has 0 aromatic heterocycles. The van der Waals surface area contributed by atoms with Gasteiger partial charge in [-0.25, -0.2) is 13.2 Å². The van der Waals surface area contributed by atoms with Crippen molar-refractivity contribution in [3.63, 3.8) is 0 Å². The predicted molar refractivity (Wildman–Crippen MR) is 39.5 cm³/mol. The monoisotopic (exact) mass is 198 g/mol. The molecule has 0 bridgehead atoms. The Balaban J connectivity index is 0.000000561. The van der Waals surface area contributed by atoms with Gasteiger partial charge in [-0.2, -0.15) is 0 Å². The Hall–Kier alpha value is -0.740. The summed E-state index contributed by atoms with van der Waals surface area (Å²) >= 11 is 5.10. The quantitative estimate of drug-likeness (QED) is 0.635. The SMILES string of the molecule is CO.Fc1cc(F)c(Cl)cc1F. The van der Waals surface area contributed by atoms with Crippen LogP contribution in [0.3, 0.4) is 0 Å². The van der Waals surface area contributed by atoms with E-state index in [1.165, 1.54) is 0 Å². The second-order valence-corrected chi connectivity index (χ2v) is 2.09. The molecule has 0 saturated carbocycles. The molecule has 5 heteroatoms. The molecule has 1 aromatic carbocycles. The Bertz CT molecular complexity index is 215. The molecule has 0 amide bonds. The van der Waals surface area contributed by atoms with E-state index in [1.807, 2.05) is 0 Å². The maximum atomic E-state index is 12.2. The standard InChI is InChI=1S/C6H2ClF3.CH4O/c7-3-1-5(9)6(10)2-4(3)8;1-2/h1-2H;2H,1H3. The Morgan fingerprint density at radius 3 is 1.83 bits per heavy atom. The molecule has 12 heavy (non-hydrogen) atoms. The fraction of sp³-hybridized carbons (Fsp3) is 0.143. The number of aliphatic hydroxyl groups excluding tert-OH is 1. The third-order valence-electron chi connectivity index (χ3n) is 0.963. The summed E-state index contributed by atoms with van der Waals surface area (Å²) in [5, 5.41) is 6.58. The molecule has 0 fully saturated rings. The number of benzene rings is 1. The second-order valence-electron chi connectivity index (χ2n) is 1.68. The van der Waals surface area contributed by atoms with Crippen molar-refractivity contribution in [2.45, 2.75) is 0 Å². The lowest BCUT2D eigenvalue weighted by atomic mass is 10.3. The van der Waals surface area contributed by atoms with Gasteiger partial charge >= 0.3 is 0 Å². The molecule has 68 valence electrons. The number of rotatable bonds is 0. The van der Waals surface area contributed by atoms with E-state index in [1.54, 1.807) is 0 Å². The van der Waals surface area contributed by atoms with E-state index in [0.717, 1.165) is 7.11 Å². The van der Waals surface area contributed by atoms with Gasteiger partial charge in [0, 0.05) is 13.2 Å². The van der Waals surface area contributed by atoms with Crippen molar-refractivity contribution < 1.29 is 18.3 Å². The van der Waals surface area contributed by atoms with Crippen LogP contribution < -0.4 is 0 Å².